The molecule has 1 aromatic carbocycles. The van der Waals surface area contributed by atoms with Crippen molar-refractivity contribution in [1.82, 2.24) is 10.3 Å². The second-order valence-corrected chi connectivity index (χ2v) is 4.62. The van der Waals surface area contributed by atoms with Gasteiger partial charge >= 0.3 is 0 Å². The quantitative estimate of drug-likeness (QED) is 0.885. The molecule has 0 saturated carbocycles. The van der Waals surface area contributed by atoms with Crippen molar-refractivity contribution in [1.29, 1.82) is 0 Å². The summed E-state index contributed by atoms with van der Waals surface area (Å²) in [6, 6.07) is 10.2. The Morgan fingerprint density at radius 1 is 1.33 bits per heavy atom. The molecule has 0 aliphatic rings. The van der Waals surface area contributed by atoms with Gasteiger partial charge in [-0.3, -0.25) is 9.59 Å². The Bertz CT molecular complexity index is 679. The van der Waals surface area contributed by atoms with Gasteiger partial charge in [-0.15, -0.1) is 0 Å². The van der Waals surface area contributed by atoms with Crippen LogP contribution in [-0.2, 0) is 0 Å². The number of H-pyrrole nitrogens is 1. The maximum atomic E-state index is 12.2. The summed E-state index contributed by atoms with van der Waals surface area (Å²) in [5, 5.41) is 2.93. The van der Waals surface area contributed by atoms with Crippen LogP contribution in [0, 0.1) is 0 Å². The van der Waals surface area contributed by atoms with Gasteiger partial charge in [0.15, 0.2) is 0 Å². The van der Waals surface area contributed by atoms with Crippen molar-refractivity contribution in [2.24, 2.45) is 0 Å². The van der Waals surface area contributed by atoms with E-state index in [0.717, 1.165) is 17.7 Å². The molecule has 1 aromatic heterocycles. The summed E-state index contributed by atoms with van der Waals surface area (Å²) >= 11 is 0. The molecule has 1 unspecified atom stereocenters. The molecule has 0 radical (unpaired) electrons. The third kappa shape index (κ3) is 3.51. The SMILES string of the molecule is CCC(NC(=O)c1cc[nH]c(=O)c1)c1ccccc1OC. The normalized spacial score (nSPS) is 11.7. The Balaban J connectivity index is 2.23. The number of methoxy groups -OCH3 is 1. The van der Waals surface area contributed by atoms with Gasteiger partial charge in [-0.1, -0.05) is 25.1 Å². The van der Waals surface area contributed by atoms with Crippen LogP contribution in [0.1, 0.15) is 35.3 Å². The number of hydrogen-bond donors (Lipinski definition) is 2. The Hall–Kier alpha value is -2.56. The first-order chi connectivity index (χ1) is 10.2. The molecule has 0 spiro atoms. The monoisotopic (exact) mass is 286 g/mol. The molecule has 5 nitrogen and oxygen atoms in total. The number of aromatic nitrogens is 1. The van der Waals surface area contributed by atoms with Crippen LogP contribution in [0.25, 0.3) is 0 Å². The number of pyridine rings is 1. The summed E-state index contributed by atoms with van der Waals surface area (Å²) in [4.78, 5) is 26.0. The summed E-state index contributed by atoms with van der Waals surface area (Å²) in [7, 11) is 1.60. The van der Waals surface area contributed by atoms with Gasteiger partial charge in [0.25, 0.3) is 5.91 Å². The predicted molar refractivity (Wildman–Crippen MR) is 80.6 cm³/mol. The third-order valence-electron chi connectivity index (χ3n) is 3.27. The predicted octanol–water partition coefficient (Wildman–Crippen LogP) is 2.26. The molecule has 0 fully saturated rings. The number of hydrogen-bond acceptors (Lipinski definition) is 3. The van der Waals surface area contributed by atoms with Gasteiger partial charge in [0, 0.05) is 23.4 Å². The zero-order valence-electron chi connectivity index (χ0n) is 12.1. The Morgan fingerprint density at radius 3 is 2.76 bits per heavy atom. The maximum Gasteiger partial charge on any atom is 0.252 e. The fourth-order valence-electron chi connectivity index (χ4n) is 2.18. The van der Waals surface area contributed by atoms with Gasteiger partial charge in [-0.25, -0.2) is 0 Å². The Kier molecular flexibility index (Phi) is 4.77. The highest BCUT2D eigenvalue weighted by atomic mass is 16.5. The van der Waals surface area contributed by atoms with Gasteiger partial charge in [-0.05, 0) is 18.6 Å². The number of ether oxygens (including phenoxy) is 1. The van der Waals surface area contributed by atoms with E-state index in [4.69, 9.17) is 4.74 Å². The molecule has 1 atom stereocenters. The fourth-order valence-corrected chi connectivity index (χ4v) is 2.18. The first-order valence-corrected chi connectivity index (χ1v) is 6.78. The van der Waals surface area contributed by atoms with Crippen molar-refractivity contribution in [2.45, 2.75) is 19.4 Å². The zero-order valence-corrected chi connectivity index (χ0v) is 12.1. The summed E-state index contributed by atoms with van der Waals surface area (Å²) in [6.45, 7) is 1.98. The van der Waals surface area contributed by atoms with Crippen molar-refractivity contribution in [3.8, 4) is 5.75 Å². The van der Waals surface area contributed by atoms with Crippen LogP contribution in [-0.4, -0.2) is 18.0 Å². The molecule has 21 heavy (non-hydrogen) atoms. The van der Waals surface area contributed by atoms with Crippen molar-refractivity contribution >= 4 is 5.91 Å². The Morgan fingerprint density at radius 2 is 2.10 bits per heavy atom. The van der Waals surface area contributed by atoms with Crippen LogP contribution in [0.5, 0.6) is 5.75 Å². The lowest BCUT2D eigenvalue weighted by atomic mass is 10.0. The second kappa shape index (κ2) is 6.74. The number of aromatic amines is 1. The number of nitrogens with one attached hydrogen (secondary N) is 2. The molecule has 2 rings (SSSR count). The lowest BCUT2D eigenvalue weighted by Gasteiger charge is -2.19. The first kappa shape index (κ1) is 14.8. The van der Waals surface area contributed by atoms with E-state index in [9.17, 15) is 9.59 Å². The lowest BCUT2D eigenvalue weighted by molar-refractivity contribution is 0.0935. The molecule has 1 heterocycles. The minimum absolute atomic E-state index is 0.173. The summed E-state index contributed by atoms with van der Waals surface area (Å²) in [6.07, 6.45) is 2.18. The smallest absolute Gasteiger partial charge is 0.252 e. The number of benzene rings is 1. The highest BCUT2D eigenvalue weighted by Gasteiger charge is 2.17. The number of carbonyl (C=O) groups excluding carboxylic acids is 1. The average molecular weight is 286 g/mol. The molecule has 0 saturated heterocycles. The molecule has 0 aliphatic carbocycles. The molecule has 2 N–H and O–H groups in total. The number of rotatable bonds is 5. The highest BCUT2D eigenvalue weighted by Crippen LogP contribution is 2.26. The third-order valence-corrected chi connectivity index (χ3v) is 3.27. The molecule has 110 valence electrons. The van der Waals surface area contributed by atoms with Crippen LogP contribution in [0.15, 0.2) is 47.4 Å². The minimum Gasteiger partial charge on any atom is -0.496 e. The standard InChI is InChI=1S/C16H18N2O3/c1-3-13(12-6-4-5-7-14(12)21-2)18-16(20)11-8-9-17-15(19)10-11/h4-10,13H,3H2,1-2H3,(H,17,19)(H,18,20). The second-order valence-electron chi connectivity index (χ2n) is 4.62. The van der Waals surface area contributed by atoms with Crippen LogP contribution in [0.4, 0.5) is 0 Å². The molecule has 1 amide bonds. The van der Waals surface area contributed by atoms with Crippen LogP contribution in [0.3, 0.4) is 0 Å². The van der Waals surface area contributed by atoms with Crippen LogP contribution in [0.2, 0.25) is 0 Å². The molecule has 5 heteroatoms. The van der Waals surface area contributed by atoms with E-state index in [1.807, 2.05) is 31.2 Å². The van der Waals surface area contributed by atoms with Crippen molar-refractivity contribution in [3.63, 3.8) is 0 Å². The number of carbonyl (C=O) groups is 1. The lowest BCUT2D eigenvalue weighted by Crippen LogP contribution is -2.29. The van der Waals surface area contributed by atoms with E-state index < -0.39 is 0 Å². The van der Waals surface area contributed by atoms with Gasteiger partial charge in [0.1, 0.15) is 5.75 Å². The molecular weight excluding hydrogens is 268 g/mol. The maximum absolute atomic E-state index is 12.2. The number of para-hydroxylation sites is 1. The van der Waals surface area contributed by atoms with E-state index in [-0.39, 0.29) is 17.5 Å². The molecule has 0 bridgehead atoms. The van der Waals surface area contributed by atoms with Crippen molar-refractivity contribution < 1.29 is 9.53 Å². The van der Waals surface area contributed by atoms with Gasteiger partial charge in [-0.2, -0.15) is 0 Å². The van der Waals surface area contributed by atoms with E-state index in [1.54, 1.807) is 13.2 Å². The van der Waals surface area contributed by atoms with Crippen molar-refractivity contribution in [2.75, 3.05) is 7.11 Å². The van der Waals surface area contributed by atoms with E-state index in [1.165, 1.54) is 12.3 Å². The van der Waals surface area contributed by atoms with Gasteiger partial charge in [0.2, 0.25) is 5.56 Å². The van der Waals surface area contributed by atoms with Crippen molar-refractivity contribution in [3.05, 3.63) is 64.1 Å². The highest BCUT2D eigenvalue weighted by molar-refractivity contribution is 5.94. The van der Waals surface area contributed by atoms with E-state index in [2.05, 4.69) is 10.3 Å². The first-order valence-electron chi connectivity index (χ1n) is 6.78. The molecule has 2 aromatic rings. The molecule has 0 aliphatic heterocycles. The van der Waals surface area contributed by atoms with Gasteiger partial charge < -0.3 is 15.0 Å². The van der Waals surface area contributed by atoms with E-state index >= 15 is 0 Å². The van der Waals surface area contributed by atoms with E-state index in [0.29, 0.717) is 5.56 Å². The summed E-state index contributed by atoms with van der Waals surface area (Å²) < 4.78 is 5.33. The zero-order chi connectivity index (χ0) is 15.2. The minimum atomic E-state index is -0.298. The number of amides is 1. The van der Waals surface area contributed by atoms with Crippen LogP contribution >= 0.6 is 0 Å². The summed E-state index contributed by atoms with van der Waals surface area (Å²) in [5.74, 6) is 0.453. The van der Waals surface area contributed by atoms with Crippen LogP contribution < -0.4 is 15.6 Å². The average Bonchev–Trinajstić information content (AvgIpc) is 2.52. The Labute approximate surface area is 123 Å². The topological polar surface area (TPSA) is 71.2 Å². The largest absolute Gasteiger partial charge is 0.496 e. The fraction of sp³-hybridized carbons (Fsp3) is 0.250. The van der Waals surface area contributed by atoms with Gasteiger partial charge in [0.05, 0.1) is 13.2 Å². The molecular formula is C16H18N2O3. The summed E-state index contributed by atoms with van der Waals surface area (Å²) in [5.41, 5.74) is 0.959.